The van der Waals surface area contributed by atoms with Crippen LogP contribution >= 0.6 is 0 Å². The minimum atomic E-state index is -2.95. The van der Waals surface area contributed by atoms with Crippen molar-refractivity contribution in [3.63, 3.8) is 0 Å². The maximum Gasteiger partial charge on any atom is 0.260 e. The number of aromatic nitrogens is 3. The molecule has 7 nitrogen and oxygen atoms in total. The van der Waals surface area contributed by atoms with E-state index in [1.165, 1.54) is 0 Å². The molecular weight excluding hydrogens is 440 g/mol. The van der Waals surface area contributed by atoms with Crippen LogP contribution in [0.15, 0.2) is 54.8 Å². The van der Waals surface area contributed by atoms with Crippen molar-refractivity contribution >= 4 is 28.8 Å². The lowest BCUT2D eigenvalue weighted by atomic mass is 10.0. The molecule has 3 aromatic rings. The Morgan fingerprint density at radius 2 is 2.06 bits per heavy atom. The van der Waals surface area contributed by atoms with Crippen molar-refractivity contribution in [2.75, 3.05) is 12.4 Å². The molecule has 3 heterocycles. The number of pyridine rings is 3. The molecule has 0 aromatic carbocycles. The van der Waals surface area contributed by atoms with Gasteiger partial charge in [-0.1, -0.05) is 12.7 Å². The zero-order chi connectivity index (χ0) is 24.6. The fourth-order valence-corrected chi connectivity index (χ4v) is 3.95. The number of hydrogen-bond donors (Lipinski definition) is 2. The molecule has 3 aromatic heterocycles. The number of alkyl halides is 2. The van der Waals surface area contributed by atoms with Crippen LogP contribution in [0, 0.1) is 12.8 Å². The molecule has 0 radical (unpaired) electrons. The van der Waals surface area contributed by atoms with Crippen molar-refractivity contribution in [2.24, 2.45) is 10.9 Å². The summed E-state index contributed by atoms with van der Waals surface area (Å²) >= 11 is 0. The predicted molar refractivity (Wildman–Crippen MR) is 127 cm³/mol. The Morgan fingerprint density at radius 3 is 2.65 bits per heavy atom. The fourth-order valence-electron chi connectivity index (χ4n) is 3.95. The molecule has 34 heavy (non-hydrogen) atoms. The van der Waals surface area contributed by atoms with Gasteiger partial charge < -0.3 is 15.0 Å². The lowest BCUT2D eigenvalue weighted by molar-refractivity contribution is -0.119. The lowest BCUT2D eigenvalue weighted by Crippen LogP contribution is -2.21. The van der Waals surface area contributed by atoms with Gasteiger partial charge in [0, 0.05) is 54.6 Å². The monoisotopic (exact) mass is 465 g/mol. The van der Waals surface area contributed by atoms with E-state index in [1.807, 2.05) is 19.1 Å². The van der Waals surface area contributed by atoms with Crippen LogP contribution in [0.3, 0.4) is 0 Å². The Morgan fingerprint density at radius 1 is 1.32 bits per heavy atom. The van der Waals surface area contributed by atoms with Gasteiger partial charge in [0.15, 0.2) is 0 Å². The number of anilines is 1. The van der Waals surface area contributed by atoms with Crippen LogP contribution in [0.4, 0.5) is 14.6 Å². The third-order valence-electron chi connectivity index (χ3n) is 5.88. The van der Waals surface area contributed by atoms with Crippen molar-refractivity contribution in [1.29, 1.82) is 0 Å². The molecule has 1 fully saturated rings. The molecule has 0 bridgehead atoms. The van der Waals surface area contributed by atoms with E-state index in [4.69, 9.17) is 0 Å². The van der Waals surface area contributed by atoms with Crippen molar-refractivity contribution in [2.45, 2.75) is 31.8 Å². The molecular formula is C25H25F2N5O2. The maximum absolute atomic E-state index is 13.2. The van der Waals surface area contributed by atoms with E-state index in [0.29, 0.717) is 23.1 Å². The number of amides is 1. The van der Waals surface area contributed by atoms with Gasteiger partial charge in [0.2, 0.25) is 5.91 Å². The predicted octanol–water partition coefficient (Wildman–Crippen LogP) is 4.24. The first kappa shape index (κ1) is 23.4. The highest BCUT2D eigenvalue weighted by Crippen LogP contribution is 2.49. The van der Waals surface area contributed by atoms with E-state index < -0.39 is 30.3 Å². The van der Waals surface area contributed by atoms with Crippen molar-refractivity contribution in [1.82, 2.24) is 14.5 Å². The minimum Gasteiger partial charge on any atom is -0.386 e. The first-order valence-electron chi connectivity index (χ1n) is 10.8. The molecule has 1 aliphatic carbocycles. The molecule has 9 heteroatoms. The summed E-state index contributed by atoms with van der Waals surface area (Å²) in [4.78, 5) is 25.2. The molecule has 2 unspecified atom stereocenters. The molecule has 176 valence electrons. The fraction of sp³-hybridized carbons (Fsp3) is 0.280. The topological polar surface area (TPSA) is 92.4 Å². The molecule has 1 amide bonds. The van der Waals surface area contributed by atoms with Crippen LogP contribution in [-0.2, 0) is 4.79 Å². The van der Waals surface area contributed by atoms with Crippen LogP contribution in [0.1, 0.15) is 30.2 Å². The first-order valence-corrected chi connectivity index (χ1v) is 10.8. The first-order chi connectivity index (χ1) is 16.2. The highest BCUT2D eigenvalue weighted by atomic mass is 19.3. The Bertz CT molecular complexity index is 1380. The van der Waals surface area contributed by atoms with E-state index in [1.54, 1.807) is 42.4 Å². The number of nitrogens with zero attached hydrogens (tertiary/aromatic N) is 4. The average molecular weight is 466 g/mol. The largest absolute Gasteiger partial charge is 0.386 e. The second-order valence-electron chi connectivity index (χ2n) is 8.26. The maximum atomic E-state index is 13.2. The summed E-state index contributed by atoms with van der Waals surface area (Å²) < 4.78 is 28.2. The van der Waals surface area contributed by atoms with Gasteiger partial charge in [-0.15, -0.1) is 6.58 Å². The molecule has 1 saturated carbocycles. The Labute approximate surface area is 195 Å². The molecule has 0 spiro atoms. The summed E-state index contributed by atoms with van der Waals surface area (Å²) in [5.41, 5.74) is 4.29. The van der Waals surface area contributed by atoms with E-state index in [0.717, 1.165) is 22.1 Å². The van der Waals surface area contributed by atoms with Crippen molar-refractivity contribution in [3.8, 4) is 11.1 Å². The van der Waals surface area contributed by atoms with Gasteiger partial charge in [0.1, 0.15) is 17.2 Å². The number of aliphatic hydroxyl groups excluding tert-OH is 1. The number of fused-ring (bicyclic) bond motifs is 1. The van der Waals surface area contributed by atoms with Gasteiger partial charge in [-0.3, -0.25) is 14.8 Å². The van der Waals surface area contributed by atoms with E-state index in [-0.39, 0.29) is 5.82 Å². The van der Waals surface area contributed by atoms with E-state index in [9.17, 15) is 18.7 Å². The Balaban J connectivity index is 1.78. The van der Waals surface area contributed by atoms with E-state index in [2.05, 4.69) is 33.4 Å². The van der Waals surface area contributed by atoms with Gasteiger partial charge in [-0.05, 0) is 31.0 Å². The summed E-state index contributed by atoms with van der Waals surface area (Å²) in [7, 11) is 1.65. The number of aliphatic hydroxyl groups is 1. The smallest absolute Gasteiger partial charge is 0.260 e. The molecule has 4 rings (SSSR count). The summed E-state index contributed by atoms with van der Waals surface area (Å²) in [5, 5.41) is 13.4. The number of nitrogens with one attached hydrogen (secondary N) is 1. The standard InChI is InChI=1S/C25H25F2N5O2/c1-5-7-21(33)19-8-14(3)17(13-29-19)16-9-15-12-30-22(31-24(34)18-11-25(18,26)27)10-20(15)32(6-2)23(16)28-4/h5-6,8-10,12-13,18,21,33H,1-2,7,11H2,3-4H3,(H,30,31,34). The van der Waals surface area contributed by atoms with Gasteiger partial charge in [-0.2, -0.15) is 0 Å². The molecule has 0 aliphatic heterocycles. The number of carbonyl (C=O) groups is 1. The van der Waals surface area contributed by atoms with Crippen molar-refractivity contribution in [3.05, 3.63) is 66.6 Å². The van der Waals surface area contributed by atoms with E-state index >= 15 is 0 Å². The number of carbonyl (C=O) groups excluding carboxylic acids is 1. The number of rotatable bonds is 7. The van der Waals surface area contributed by atoms with Gasteiger partial charge in [-0.25, -0.2) is 13.8 Å². The van der Waals surface area contributed by atoms with Crippen LogP contribution in [0.25, 0.3) is 28.2 Å². The van der Waals surface area contributed by atoms with Gasteiger partial charge >= 0.3 is 0 Å². The number of halogens is 2. The molecule has 2 atom stereocenters. The third-order valence-corrected chi connectivity index (χ3v) is 5.88. The van der Waals surface area contributed by atoms with Crippen LogP contribution in [0.2, 0.25) is 0 Å². The lowest BCUT2D eigenvalue weighted by Gasteiger charge is -2.16. The molecule has 1 aliphatic rings. The highest BCUT2D eigenvalue weighted by Gasteiger charge is 2.61. The summed E-state index contributed by atoms with van der Waals surface area (Å²) in [6, 6.07) is 5.33. The average Bonchev–Trinajstić information content (AvgIpc) is 3.46. The van der Waals surface area contributed by atoms with Gasteiger partial charge in [0.05, 0.1) is 17.3 Å². The quantitative estimate of drug-likeness (QED) is 0.511. The summed E-state index contributed by atoms with van der Waals surface area (Å²) in [6.07, 6.45) is 5.69. The number of aryl methyl sites for hydroxylation is 1. The zero-order valence-electron chi connectivity index (χ0n) is 18.9. The third kappa shape index (κ3) is 4.26. The Kier molecular flexibility index (Phi) is 6.14. The molecule has 2 N–H and O–H groups in total. The molecule has 0 saturated heterocycles. The van der Waals surface area contributed by atoms with Crippen LogP contribution in [0.5, 0.6) is 0 Å². The summed E-state index contributed by atoms with van der Waals surface area (Å²) in [6.45, 7) is 9.46. The van der Waals surface area contributed by atoms with Crippen molar-refractivity contribution < 1.29 is 18.7 Å². The van der Waals surface area contributed by atoms with Crippen LogP contribution < -0.4 is 10.8 Å². The summed E-state index contributed by atoms with van der Waals surface area (Å²) in [5.74, 6) is -4.85. The normalized spacial score (nSPS) is 17.9. The zero-order valence-corrected chi connectivity index (χ0v) is 18.9. The second kappa shape index (κ2) is 8.90. The number of hydrogen-bond acceptors (Lipinski definition) is 5. The SMILES string of the molecule is C=CCC(O)c1cc(C)c(-c2cc3cnc(NC(=O)C4CC4(F)F)cc3n(C=C)c2=NC)cn1. The second-order valence-corrected chi connectivity index (χ2v) is 8.26. The van der Waals surface area contributed by atoms with Crippen LogP contribution in [-0.4, -0.2) is 38.5 Å². The highest BCUT2D eigenvalue weighted by molar-refractivity contribution is 5.96. The van der Waals surface area contributed by atoms with Gasteiger partial charge in [0.25, 0.3) is 5.92 Å². The Hall–Kier alpha value is -3.72. The minimum absolute atomic E-state index is 0.170.